The normalized spacial score (nSPS) is 27.6. The van der Waals surface area contributed by atoms with Crippen LogP contribution in [0.3, 0.4) is 0 Å². The van der Waals surface area contributed by atoms with Crippen LogP contribution in [0.4, 0.5) is 0 Å². The van der Waals surface area contributed by atoms with Gasteiger partial charge in [0.1, 0.15) is 0 Å². The lowest BCUT2D eigenvalue weighted by molar-refractivity contribution is 0.0972. The summed E-state index contributed by atoms with van der Waals surface area (Å²) in [6, 6.07) is 0.708. The second-order valence-corrected chi connectivity index (χ2v) is 5.63. The van der Waals surface area contributed by atoms with E-state index in [9.17, 15) is 0 Å². The Morgan fingerprint density at radius 3 is 2.36 bits per heavy atom. The molecule has 2 heteroatoms. The first-order chi connectivity index (χ1) is 6.45. The molecule has 0 unspecified atom stereocenters. The number of likely N-dealkylation sites (N-methyl/N-ethyl adjacent to an activating group) is 2. The lowest BCUT2D eigenvalue weighted by Gasteiger charge is -2.39. The van der Waals surface area contributed by atoms with Crippen LogP contribution < -0.4 is 0 Å². The maximum atomic E-state index is 2.64. The summed E-state index contributed by atoms with van der Waals surface area (Å²) in [5.41, 5.74) is 0.397. The van der Waals surface area contributed by atoms with E-state index in [0.29, 0.717) is 11.5 Å². The largest absolute Gasteiger partial charge is 0.305 e. The molecule has 0 aliphatic carbocycles. The Kier molecular flexibility index (Phi) is 3.96. The molecular weight excluding hydrogens is 172 g/mol. The molecule has 0 radical (unpaired) electrons. The molecule has 0 aromatic rings. The van der Waals surface area contributed by atoms with Gasteiger partial charge in [-0.25, -0.2) is 0 Å². The molecule has 1 atom stereocenters. The Morgan fingerprint density at radius 1 is 1.21 bits per heavy atom. The first-order valence-corrected chi connectivity index (χ1v) is 5.87. The van der Waals surface area contributed by atoms with Crippen molar-refractivity contribution in [1.29, 1.82) is 0 Å². The van der Waals surface area contributed by atoms with E-state index >= 15 is 0 Å². The third-order valence-corrected chi connectivity index (χ3v) is 3.32. The minimum absolute atomic E-state index is 0.397. The van der Waals surface area contributed by atoms with E-state index in [4.69, 9.17) is 0 Å². The van der Waals surface area contributed by atoms with Gasteiger partial charge in [-0.05, 0) is 38.5 Å². The van der Waals surface area contributed by atoms with Crippen molar-refractivity contribution in [2.75, 3.05) is 33.2 Å². The van der Waals surface area contributed by atoms with Gasteiger partial charge >= 0.3 is 0 Å². The first kappa shape index (κ1) is 12.0. The van der Waals surface area contributed by atoms with Gasteiger partial charge in [0, 0.05) is 12.6 Å². The molecule has 0 N–H and O–H groups in total. The predicted octanol–water partition coefficient (Wildman–Crippen LogP) is 2.06. The monoisotopic (exact) mass is 198 g/mol. The molecule has 0 saturated carbocycles. The summed E-state index contributed by atoms with van der Waals surface area (Å²) in [5, 5.41) is 0. The van der Waals surface area contributed by atoms with E-state index in [1.165, 1.54) is 32.6 Å². The molecule has 1 heterocycles. The van der Waals surface area contributed by atoms with Gasteiger partial charge in [0.05, 0.1) is 0 Å². The average molecular weight is 198 g/mol. The third kappa shape index (κ3) is 2.96. The van der Waals surface area contributed by atoms with Gasteiger partial charge in [-0.2, -0.15) is 0 Å². The zero-order valence-corrected chi connectivity index (χ0v) is 10.5. The summed E-state index contributed by atoms with van der Waals surface area (Å²) < 4.78 is 0. The molecule has 1 aliphatic rings. The summed E-state index contributed by atoms with van der Waals surface area (Å²) >= 11 is 0. The van der Waals surface area contributed by atoms with Crippen molar-refractivity contribution in [3.63, 3.8) is 0 Å². The van der Waals surface area contributed by atoms with Crippen LogP contribution in [0.25, 0.3) is 0 Å². The van der Waals surface area contributed by atoms with E-state index in [-0.39, 0.29) is 0 Å². The standard InChI is InChI=1S/C12H26N2/c1-6-14-9-7-8-13(5)10-11(14)12(2,3)4/h11H,6-10H2,1-5H3/t11-/m0/s1. The van der Waals surface area contributed by atoms with E-state index in [0.717, 1.165) is 0 Å². The molecule has 2 nitrogen and oxygen atoms in total. The molecular formula is C12H26N2. The fraction of sp³-hybridized carbons (Fsp3) is 1.00. The van der Waals surface area contributed by atoms with Crippen LogP contribution in [0.1, 0.15) is 34.1 Å². The molecule has 1 aliphatic heterocycles. The number of hydrogen-bond acceptors (Lipinski definition) is 2. The van der Waals surface area contributed by atoms with Gasteiger partial charge in [-0.1, -0.05) is 27.7 Å². The van der Waals surface area contributed by atoms with Crippen LogP contribution in [0.2, 0.25) is 0 Å². The fourth-order valence-electron chi connectivity index (χ4n) is 2.40. The molecule has 0 bridgehead atoms. The minimum Gasteiger partial charge on any atom is -0.305 e. The zero-order valence-electron chi connectivity index (χ0n) is 10.5. The van der Waals surface area contributed by atoms with E-state index < -0.39 is 0 Å². The highest BCUT2D eigenvalue weighted by atomic mass is 15.2. The molecule has 1 saturated heterocycles. The van der Waals surface area contributed by atoms with E-state index in [2.05, 4.69) is 44.5 Å². The van der Waals surface area contributed by atoms with Gasteiger partial charge in [0.25, 0.3) is 0 Å². The Bertz CT molecular complexity index is 172. The van der Waals surface area contributed by atoms with Gasteiger partial charge in [0.15, 0.2) is 0 Å². The van der Waals surface area contributed by atoms with Gasteiger partial charge in [0.2, 0.25) is 0 Å². The summed E-state index contributed by atoms with van der Waals surface area (Å²) in [7, 11) is 2.25. The molecule has 0 aromatic carbocycles. The lowest BCUT2D eigenvalue weighted by Crippen LogP contribution is -2.48. The molecule has 14 heavy (non-hydrogen) atoms. The SMILES string of the molecule is CCN1CCCN(C)C[C@H]1C(C)(C)C. The first-order valence-electron chi connectivity index (χ1n) is 5.87. The van der Waals surface area contributed by atoms with Crippen LogP contribution in [-0.2, 0) is 0 Å². The summed E-state index contributed by atoms with van der Waals surface area (Å²) in [6.45, 7) is 14.3. The van der Waals surface area contributed by atoms with Crippen molar-refractivity contribution in [3.8, 4) is 0 Å². The molecule has 1 rings (SSSR count). The van der Waals surface area contributed by atoms with E-state index in [1.54, 1.807) is 0 Å². The van der Waals surface area contributed by atoms with Crippen molar-refractivity contribution < 1.29 is 0 Å². The minimum atomic E-state index is 0.397. The highest BCUT2D eigenvalue weighted by molar-refractivity contribution is 4.87. The van der Waals surface area contributed by atoms with Crippen LogP contribution in [0, 0.1) is 5.41 Å². The quantitative estimate of drug-likeness (QED) is 0.636. The van der Waals surface area contributed by atoms with Crippen molar-refractivity contribution in [1.82, 2.24) is 9.80 Å². The van der Waals surface area contributed by atoms with E-state index in [1.807, 2.05) is 0 Å². The topological polar surface area (TPSA) is 6.48 Å². The van der Waals surface area contributed by atoms with Crippen molar-refractivity contribution >= 4 is 0 Å². The zero-order chi connectivity index (χ0) is 10.8. The van der Waals surface area contributed by atoms with Gasteiger partial charge in [-0.3, -0.25) is 4.90 Å². The number of rotatable bonds is 1. The van der Waals surface area contributed by atoms with Crippen molar-refractivity contribution in [3.05, 3.63) is 0 Å². The lowest BCUT2D eigenvalue weighted by atomic mass is 9.85. The fourth-order valence-corrected chi connectivity index (χ4v) is 2.40. The number of hydrogen-bond donors (Lipinski definition) is 0. The summed E-state index contributed by atoms with van der Waals surface area (Å²) in [4.78, 5) is 5.12. The average Bonchev–Trinajstić information content (AvgIpc) is 2.25. The molecule has 0 aromatic heterocycles. The van der Waals surface area contributed by atoms with Crippen LogP contribution >= 0.6 is 0 Å². The van der Waals surface area contributed by atoms with Gasteiger partial charge in [-0.15, -0.1) is 0 Å². The maximum Gasteiger partial charge on any atom is 0.0271 e. The molecule has 84 valence electrons. The van der Waals surface area contributed by atoms with Crippen LogP contribution in [-0.4, -0.2) is 49.1 Å². The summed E-state index contributed by atoms with van der Waals surface area (Å²) in [5.74, 6) is 0. The summed E-state index contributed by atoms with van der Waals surface area (Å²) in [6.07, 6.45) is 1.32. The highest BCUT2D eigenvalue weighted by Gasteiger charge is 2.31. The second-order valence-electron chi connectivity index (χ2n) is 5.63. The van der Waals surface area contributed by atoms with Gasteiger partial charge < -0.3 is 4.90 Å². The highest BCUT2D eigenvalue weighted by Crippen LogP contribution is 2.26. The van der Waals surface area contributed by atoms with Crippen molar-refractivity contribution in [2.24, 2.45) is 5.41 Å². The third-order valence-electron chi connectivity index (χ3n) is 3.32. The van der Waals surface area contributed by atoms with Crippen LogP contribution in [0.5, 0.6) is 0 Å². The second kappa shape index (κ2) is 4.63. The maximum absolute atomic E-state index is 2.64. The van der Waals surface area contributed by atoms with Crippen molar-refractivity contribution in [2.45, 2.75) is 40.2 Å². The Hall–Kier alpha value is -0.0800. The molecule has 0 amide bonds. The van der Waals surface area contributed by atoms with Crippen LogP contribution in [0.15, 0.2) is 0 Å². The Morgan fingerprint density at radius 2 is 1.86 bits per heavy atom. The predicted molar refractivity (Wildman–Crippen MR) is 62.6 cm³/mol. The molecule has 0 spiro atoms. The smallest absolute Gasteiger partial charge is 0.0271 e. The Labute approximate surface area is 89.3 Å². The number of nitrogens with zero attached hydrogens (tertiary/aromatic N) is 2. The Balaban J connectivity index is 2.73. The molecule has 1 fully saturated rings.